The highest BCUT2D eigenvalue weighted by atomic mass is 16.5. The summed E-state index contributed by atoms with van der Waals surface area (Å²) >= 11 is 0. The van der Waals surface area contributed by atoms with Gasteiger partial charge < -0.3 is 9.84 Å². The third kappa shape index (κ3) is 5.96. The van der Waals surface area contributed by atoms with E-state index in [0.29, 0.717) is 25.0 Å². The van der Waals surface area contributed by atoms with Crippen LogP contribution in [0.3, 0.4) is 0 Å². The standard InChI is InChI=1S/C27H30N2O4/c1-19-6-5-9-23(14-19)24-15-25(30)29(28-27(24)22-7-3-2-4-8-22)16-20-10-12-21(13-11-20)17-33-18-26(31)32/h2-9,14-15,20-21H,10-13,16-18H2,1H3,(H,31,32)/t20-,21-. The number of aliphatic carboxylic acids is 1. The molecule has 0 saturated heterocycles. The number of ether oxygens (including phenoxy) is 1. The first-order valence-corrected chi connectivity index (χ1v) is 11.5. The minimum absolute atomic E-state index is 0.0851. The first kappa shape index (κ1) is 22.9. The van der Waals surface area contributed by atoms with Gasteiger partial charge in [-0.05, 0) is 50.0 Å². The van der Waals surface area contributed by atoms with Crippen LogP contribution in [0, 0.1) is 18.8 Å². The Labute approximate surface area is 193 Å². The van der Waals surface area contributed by atoms with Gasteiger partial charge in [0.25, 0.3) is 5.56 Å². The molecule has 0 aliphatic heterocycles. The average molecular weight is 447 g/mol. The molecule has 0 radical (unpaired) electrons. The van der Waals surface area contributed by atoms with E-state index in [9.17, 15) is 9.59 Å². The molecule has 0 bridgehead atoms. The van der Waals surface area contributed by atoms with E-state index >= 15 is 0 Å². The van der Waals surface area contributed by atoms with Crippen molar-refractivity contribution in [1.82, 2.24) is 9.78 Å². The van der Waals surface area contributed by atoms with E-state index in [-0.39, 0.29) is 12.2 Å². The number of aromatic nitrogens is 2. The third-order valence-corrected chi connectivity index (χ3v) is 6.35. The lowest BCUT2D eigenvalue weighted by atomic mass is 9.82. The molecule has 1 fully saturated rings. The van der Waals surface area contributed by atoms with Gasteiger partial charge in [0, 0.05) is 23.7 Å². The number of benzene rings is 2. The van der Waals surface area contributed by atoms with Crippen molar-refractivity contribution >= 4 is 5.97 Å². The van der Waals surface area contributed by atoms with Crippen molar-refractivity contribution in [3.8, 4) is 22.4 Å². The molecule has 0 atom stereocenters. The molecule has 1 aliphatic rings. The fraction of sp³-hybridized carbons (Fsp3) is 0.370. The Morgan fingerprint density at radius 3 is 2.39 bits per heavy atom. The summed E-state index contributed by atoms with van der Waals surface area (Å²) in [6.45, 7) is 2.88. The summed E-state index contributed by atoms with van der Waals surface area (Å²) in [5, 5.41) is 13.6. The lowest BCUT2D eigenvalue weighted by Gasteiger charge is -2.28. The summed E-state index contributed by atoms with van der Waals surface area (Å²) < 4.78 is 6.89. The maximum Gasteiger partial charge on any atom is 0.329 e. The van der Waals surface area contributed by atoms with E-state index in [4.69, 9.17) is 14.9 Å². The van der Waals surface area contributed by atoms with Crippen LogP contribution >= 0.6 is 0 Å². The quantitative estimate of drug-likeness (QED) is 0.538. The summed E-state index contributed by atoms with van der Waals surface area (Å²) in [7, 11) is 0. The second kappa shape index (κ2) is 10.6. The monoisotopic (exact) mass is 446 g/mol. The van der Waals surface area contributed by atoms with Gasteiger partial charge in [0.15, 0.2) is 0 Å². The van der Waals surface area contributed by atoms with Crippen molar-refractivity contribution in [3.63, 3.8) is 0 Å². The molecule has 1 heterocycles. The fourth-order valence-corrected chi connectivity index (χ4v) is 4.60. The van der Waals surface area contributed by atoms with Crippen LogP contribution in [0.1, 0.15) is 31.2 Å². The highest BCUT2D eigenvalue weighted by molar-refractivity contribution is 5.80. The Morgan fingerprint density at radius 2 is 1.70 bits per heavy atom. The zero-order valence-corrected chi connectivity index (χ0v) is 18.9. The van der Waals surface area contributed by atoms with E-state index < -0.39 is 5.97 Å². The lowest BCUT2D eigenvalue weighted by Crippen LogP contribution is -2.29. The van der Waals surface area contributed by atoms with Crippen molar-refractivity contribution in [2.24, 2.45) is 11.8 Å². The Bertz CT molecular complexity index is 1150. The van der Waals surface area contributed by atoms with Gasteiger partial charge in [0.05, 0.1) is 12.3 Å². The molecule has 4 rings (SSSR count). The molecule has 6 nitrogen and oxygen atoms in total. The number of carboxylic acid groups (broad SMARTS) is 1. The number of carbonyl (C=O) groups is 1. The van der Waals surface area contributed by atoms with Gasteiger partial charge in [0.1, 0.15) is 6.61 Å². The van der Waals surface area contributed by atoms with E-state index in [1.165, 1.54) is 0 Å². The van der Waals surface area contributed by atoms with Crippen LogP contribution in [0.15, 0.2) is 65.5 Å². The summed E-state index contributed by atoms with van der Waals surface area (Å²) in [5.74, 6) is -0.175. The molecule has 1 aliphatic carbocycles. The van der Waals surface area contributed by atoms with Gasteiger partial charge in [0.2, 0.25) is 0 Å². The largest absolute Gasteiger partial charge is 0.480 e. The first-order chi connectivity index (χ1) is 16.0. The molecule has 1 saturated carbocycles. The lowest BCUT2D eigenvalue weighted by molar-refractivity contribution is -0.142. The van der Waals surface area contributed by atoms with E-state index in [0.717, 1.165) is 53.6 Å². The van der Waals surface area contributed by atoms with Crippen LogP contribution in [0.25, 0.3) is 22.4 Å². The van der Waals surface area contributed by atoms with Gasteiger partial charge in [-0.1, -0.05) is 60.2 Å². The second-order valence-corrected chi connectivity index (χ2v) is 8.96. The highest BCUT2D eigenvalue weighted by Crippen LogP contribution is 2.32. The van der Waals surface area contributed by atoms with Gasteiger partial charge >= 0.3 is 5.97 Å². The molecular weight excluding hydrogens is 416 g/mol. The van der Waals surface area contributed by atoms with Gasteiger partial charge in [-0.3, -0.25) is 4.79 Å². The van der Waals surface area contributed by atoms with E-state index in [1.54, 1.807) is 10.7 Å². The molecule has 3 aromatic rings. The van der Waals surface area contributed by atoms with Crippen molar-refractivity contribution in [1.29, 1.82) is 0 Å². The Balaban J connectivity index is 1.54. The van der Waals surface area contributed by atoms with Gasteiger partial charge in [-0.25, -0.2) is 9.48 Å². The third-order valence-electron chi connectivity index (χ3n) is 6.35. The molecule has 33 heavy (non-hydrogen) atoms. The Hall–Kier alpha value is -3.25. The predicted octanol–water partition coefficient (Wildman–Crippen LogP) is 4.79. The normalized spacial score (nSPS) is 18.2. The zero-order valence-electron chi connectivity index (χ0n) is 18.9. The number of aryl methyl sites for hydroxylation is 1. The van der Waals surface area contributed by atoms with E-state index in [1.807, 2.05) is 55.5 Å². The van der Waals surface area contributed by atoms with Crippen LogP contribution in [-0.4, -0.2) is 34.1 Å². The zero-order chi connectivity index (χ0) is 23.2. The average Bonchev–Trinajstić information content (AvgIpc) is 2.81. The summed E-state index contributed by atoms with van der Waals surface area (Å²) in [6, 6.07) is 19.9. The number of rotatable bonds is 8. The van der Waals surface area contributed by atoms with Crippen molar-refractivity contribution in [3.05, 3.63) is 76.6 Å². The van der Waals surface area contributed by atoms with Crippen LogP contribution in [0.4, 0.5) is 0 Å². The predicted molar refractivity (Wildman–Crippen MR) is 128 cm³/mol. The number of hydrogen-bond acceptors (Lipinski definition) is 4. The molecule has 6 heteroatoms. The van der Waals surface area contributed by atoms with E-state index in [2.05, 4.69) is 6.07 Å². The van der Waals surface area contributed by atoms with Crippen LogP contribution in [0.2, 0.25) is 0 Å². The molecule has 2 aromatic carbocycles. The smallest absolute Gasteiger partial charge is 0.329 e. The van der Waals surface area contributed by atoms with Crippen molar-refractivity contribution in [2.75, 3.05) is 13.2 Å². The Kier molecular flexibility index (Phi) is 7.35. The summed E-state index contributed by atoms with van der Waals surface area (Å²) in [6.07, 6.45) is 3.92. The summed E-state index contributed by atoms with van der Waals surface area (Å²) in [5.41, 5.74) is 4.70. The number of hydrogen-bond donors (Lipinski definition) is 1. The topological polar surface area (TPSA) is 81.4 Å². The van der Waals surface area contributed by atoms with Gasteiger partial charge in [-0.2, -0.15) is 5.10 Å². The Morgan fingerprint density at radius 1 is 1.00 bits per heavy atom. The highest BCUT2D eigenvalue weighted by Gasteiger charge is 2.23. The van der Waals surface area contributed by atoms with Crippen LogP contribution < -0.4 is 5.56 Å². The molecular formula is C27H30N2O4. The van der Waals surface area contributed by atoms with Crippen molar-refractivity contribution in [2.45, 2.75) is 39.2 Å². The van der Waals surface area contributed by atoms with Crippen LogP contribution in [-0.2, 0) is 16.1 Å². The minimum atomic E-state index is -0.933. The molecule has 0 amide bonds. The first-order valence-electron chi connectivity index (χ1n) is 11.5. The molecule has 172 valence electrons. The number of carboxylic acids is 1. The van der Waals surface area contributed by atoms with Crippen molar-refractivity contribution < 1.29 is 14.6 Å². The summed E-state index contributed by atoms with van der Waals surface area (Å²) in [4.78, 5) is 23.7. The molecule has 1 N–H and O–H groups in total. The van der Waals surface area contributed by atoms with Gasteiger partial charge in [-0.15, -0.1) is 0 Å². The maximum absolute atomic E-state index is 13.0. The maximum atomic E-state index is 13.0. The fourth-order valence-electron chi connectivity index (χ4n) is 4.60. The molecule has 1 aromatic heterocycles. The SMILES string of the molecule is Cc1cccc(-c2cc(=O)n(C[C@H]3CC[C@H](COCC(=O)O)CC3)nc2-c2ccccc2)c1. The number of nitrogens with zero attached hydrogens (tertiary/aromatic N) is 2. The van der Waals surface area contributed by atoms with Crippen LogP contribution in [0.5, 0.6) is 0 Å². The molecule has 0 spiro atoms. The minimum Gasteiger partial charge on any atom is -0.480 e. The second-order valence-electron chi connectivity index (χ2n) is 8.96. The molecule has 0 unspecified atom stereocenters.